The Kier molecular flexibility index (Phi) is 12.4. The summed E-state index contributed by atoms with van der Waals surface area (Å²) in [6.07, 6.45) is -0.372. The van der Waals surface area contributed by atoms with Crippen molar-refractivity contribution in [1.82, 2.24) is 15.1 Å². The highest BCUT2D eigenvalue weighted by molar-refractivity contribution is 6.10. The Morgan fingerprint density at radius 2 is 1.53 bits per heavy atom. The average Bonchev–Trinajstić information content (AvgIpc) is 3.35. The summed E-state index contributed by atoms with van der Waals surface area (Å²) in [5.74, 6) is -1.81. The number of nitrogens with zero attached hydrogens (tertiary/aromatic N) is 2. The zero-order valence-electron chi connectivity index (χ0n) is 31.8. The first-order valence-electron chi connectivity index (χ1n) is 17.9. The van der Waals surface area contributed by atoms with Crippen LogP contribution in [0.2, 0.25) is 0 Å². The van der Waals surface area contributed by atoms with Crippen LogP contribution in [-0.4, -0.2) is 65.0 Å². The summed E-state index contributed by atoms with van der Waals surface area (Å²) in [6, 6.07) is 24.6. The van der Waals surface area contributed by atoms with Gasteiger partial charge in [0.15, 0.2) is 0 Å². The third-order valence-corrected chi connectivity index (χ3v) is 9.71. The molecule has 0 aliphatic carbocycles. The Bertz CT molecular complexity index is 2040. The molecule has 0 saturated carbocycles. The average molecular weight is 750 g/mol. The molecule has 0 unspecified atom stereocenters. The third kappa shape index (κ3) is 8.89. The van der Waals surface area contributed by atoms with Crippen molar-refractivity contribution in [2.45, 2.75) is 64.7 Å². The van der Waals surface area contributed by atoms with Crippen molar-refractivity contribution in [3.8, 4) is 11.5 Å². The van der Waals surface area contributed by atoms with E-state index in [1.165, 1.54) is 19.1 Å². The van der Waals surface area contributed by atoms with E-state index >= 15 is 0 Å². The maximum atomic E-state index is 14.7. The van der Waals surface area contributed by atoms with Crippen molar-refractivity contribution in [3.63, 3.8) is 0 Å². The van der Waals surface area contributed by atoms with E-state index in [0.29, 0.717) is 39.6 Å². The second kappa shape index (κ2) is 17.2. The molecule has 13 heteroatoms. The summed E-state index contributed by atoms with van der Waals surface area (Å²) in [7, 11) is 2.91. The lowest BCUT2D eigenvalue weighted by Crippen LogP contribution is -2.52. The quantitative estimate of drug-likeness (QED) is 0.0936. The van der Waals surface area contributed by atoms with E-state index in [-0.39, 0.29) is 18.9 Å². The highest BCUT2D eigenvalue weighted by atomic mass is 16.5. The summed E-state index contributed by atoms with van der Waals surface area (Å²) in [5, 5.41) is 18.3. The van der Waals surface area contributed by atoms with E-state index in [1.807, 2.05) is 45.0 Å². The van der Waals surface area contributed by atoms with Gasteiger partial charge >= 0.3 is 18.0 Å². The smallest absolute Gasteiger partial charge is 0.329 e. The lowest BCUT2D eigenvalue weighted by atomic mass is 9.89. The molecule has 3 atom stereocenters. The fraction of sp³-hybridized carbons (Fsp3) is 0.310. The first-order valence-corrected chi connectivity index (χ1v) is 17.9. The molecule has 0 bridgehead atoms. The number of methoxy groups -OCH3 is 2. The standard InChI is InChI=1S/C42H47N5O8/c1-26(2)22-35(38(50)44-34(24-37(48)49)32-21-20-31(54-5)23-36(32)55-6)47-39(51)42(4,29-13-8-7-9-14-29)46(41(47)53)25-28-16-18-30(19-17-28)43-40(52)45-33-15-11-10-12-27(33)3/h7-21,23,26,34-35H,22,24-25H2,1-6H3,(H,44,50)(H,48,49)(H2,43,45,52)/t34-,35-,42-/m0/s1. The van der Waals surface area contributed by atoms with E-state index in [0.717, 1.165) is 10.5 Å². The number of hydrogen-bond donors (Lipinski definition) is 4. The zero-order valence-corrected chi connectivity index (χ0v) is 31.8. The fourth-order valence-electron chi connectivity index (χ4n) is 6.74. The molecule has 0 aromatic heterocycles. The van der Waals surface area contributed by atoms with Gasteiger partial charge in [-0.05, 0) is 73.2 Å². The highest BCUT2D eigenvalue weighted by Gasteiger charge is 2.58. The lowest BCUT2D eigenvalue weighted by molar-refractivity contribution is -0.141. The van der Waals surface area contributed by atoms with E-state index in [4.69, 9.17) is 9.47 Å². The highest BCUT2D eigenvalue weighted by Crippen LogP contribution is 2.41. The van der Waals surface area contributed by atoms with Gasteiger partial charge in [-0.25, -0.2) is 14.5 Å². The van der Waals surface area contributed by atoms with Crippen molar-refractivity contribution in [3.05, 3.63) is 119 Å². The minimum Gasteiger partial charge on any atom is -0.497 e. The number of imide groups is 1. The zero-order chi connectivity index (χ0) is 39.9. The van der Waals surface area contributed by atoms with Gasteiger partial charge in [0.25, 0.3) is 5.91 Å². The van der Waals surface area contributed by atoms with Gasteiger partial charge in [-0.2, -0.15) is 0 Å². The van der Waals surface area contributed by atoms with Crippen LogP contribution in [0.25, 0.3) is 0 Å². The van der Waals surface area contributed by atoms with Crippen LogP contribution in [0, 0.1) is 12.8 Å². The summed E-state index contributed by atoms with van der Waals surface area (Å²) in [6.45, 7) is 7.30. The molecular weight excluding hydrogens is 702 g/mol. The predicted octanol–water partition coefficient (Wildman–Crippen LogP) is 7.08. The number of carboxylic acids is 1. The molecular formula is C42H47N5O8. The third-order valence-electron chi connectivity index (χ3n) is 9.71. The number of ether oxygens (including phenoxy) is 2. The van der Waals surface area contributed by atoms with Crippen LogP contribution in [-0.2, 0) is 26.5 Å². The largest absolute Gasteiger partial charge is 0.497 e. The van der Waals surface area contributed by atoms with E-state index in [1.54, 1.807) is 79.7 Å². The number of carboxylic acid groups (broad SMARTS) is 1. The molecule has 1 fully saturated rings. The van der Waals surface area contributed by atoms with Gasteiger partial charge in [0.05, 0.1) is 26.7 Å². The molecule has 55 heavy (non-hydrogen) atoms. The normalized spacial score (nSPS) is 16.4. The van der Waals surface area contributed by atoms with E-state index < -0.39 is 53.9 Å². The molecule has 4 aromatic carbocycles. The summed E-state index contributed by atoms with van der Waals surface area (Å²) < 4.78 is 10.8. The number of hydrogen-bond acceptors (Lipinski definition) is 7. The van der Waals surface area contributed by atoms with E-state index in [9.17, 15) is 29.1 Å². The van der Waals surface area contributed by atoms with Gasteiger partial charge < -0.3 is 35.4 Å². The number of benzene rings is 4. The fourth-order valence-corrected chi connectivity index (χ4v) is 6.74. The predicted molar refractivity (Wildman–Crippen MR) is 208 cm³/mol. The van der Waals surface area contributed by atoms with Crippen LogP contribution in [0.4, 0.5) is 21.0 Å². The van der Waals surface area contributed by atoms with Crippen molar-refractivity contribution in [1.29, 1.82) is 0 Å². The number of carbonyl (C=O) groups is 5. The van der Waals surface area contributed by atoms with Gasteiger partial charge in [0, 0.05) is 29.5 Å². The molecule has 13 nitrogen and oxygen atoms in total. The second-order valence-electron chi connectivity index (χ2n) is 14.0. The summed E-state index contributed by atoms with van der Waals surface area (Å²) in [4.78, 5) is 70.9. The van der Waals surface area contributed by atoms with Crippen LogP contribution in [0.1, 0.15) is 61.9 Å². The van der Waals surface area contributed by atoms with Crippen molar-refractivity contribution in [2.75, 3.05) is 24.9 Å². The van der Waals surface area contributed by atoms with Crippen LogP contribution < -0.4 is 25.4 Å². The van der Waals surface area contributed by atoms with E-state index in [2.05, 4.69) is 16.0 Å². The summed E-state index contributed by atoms with van der Waals surface area (Å²) >= 11 is 0. The molecule has 1 aliphatic heterocycles. The SMILES string of the molecule is COc1ccc([C@H](CC(=O)O)NC(=O)[C@H](CC(C)C)N2C(=O)N(Cc3ccc(NC(=O)Nc4ccccc4C)cc3)[C@@](C)(c3ccccc3)C2=O)c(OC)c1. The van der Waals surface area contributed by atoms with Gasteiger partial charge in [-0.1, -0.05) is 74.5 Å². The maximum absolute atomic E-state index is 14.7. The van der Waals surface area contributed by atoms with Gasteiger partial charge in [0.2, 0.25) is 5.91 Å². The van der Waals surface area contributed by atoms with Crippen LogP contribution in [0.15, 0.2) is 97.1 Å². The van der Waals surface area contributed by atoms with Crippen molar-refractivity contribution in [2.24, 2.45) is 5.92 Å². The Morgan fingerprint density at radius 3 is 2.15 bits per heavy atom. The lowest BCUT2D eigenvalue weighted by Gasteiger charge is -2.32. The molecule has 288 valence electrons. The molecule has 0 radical (unpaired) electrons. The second-order valence-corrected chi connectivity index (χ2v) is 14.0. The van der Waals surface area contributed by atoms with Gasteiger partial charge in [-0.15, -0.1) is 0 Å². The monoisotopic (exact) mass is 749 g/mol. The Balaban J connectivity index is 1.45. The van der Waals surface area contributed by atoms with Gasteiger partial charge in [-0.3, -0.25) is 14.4 Å². The number of para-hydroxylation sites is 1. The van der Waals surface area contributed by atoms with Crippen LogP contribution in [0.5, 0.6) is 11.5 Å². The topological polar surface area (TPSA) is 167 Å². The Labute approximate surface area is 320 Å². The summed E-state index contributed by atoms with van der Waals surface area (Å²) in [5.41, 5.74) is 2.23. The molecule has 5 rings (SSSR count). The number of aryl methyl sites for hydroxylation is 1. The molecule has 4 aromatic rings. The number of aliphatic carboxylic acids is 1. The van der Waals surface area contributed by atoms with Crippen LogP contribution >= 0.6 is 0 Å². The Hall–Kier alpha value is -6.37. The first-order chi connectivity index (χ1) is 26.3. The molecule has 1 heterocycles. The van der Waals surface area contributed by atoms with Crippen molar-refractivity contribution < 1.29 is 38.6 Å². The molecule has 6 amide bonds. The number of carbonyl (C=O) groups excluding carboxylic acids is 4. The molecule has 4 N–H and O–H groups in total. The number of rotatable bonds is 15. The minimum atomic E-state index is -1.50. The molecule has 0 spiro atoms. The Morgan fingerprint density at radius 1 is 0.855 bits per heavy atom. The van der Waals surface area contributed by atoms with Crippen LogP contribution in [0.3, 0.4) is 0 Å². The van der Waals surface area contributed by atoms with Gasteiger partial charge in [0.1, 0.15) is 23.1 Å². The van der Waals surface area contributed by atoms with Crippen molar-refractivity contribution >= 4 is 41.2 Å². The molecule has 1 aliphatic rings. The molecule has 1 saturated heterocycles. The number of nitrogens with one attached hydrogen (secondary N) is 3. The number of anilines is 2. The maximum Gasteiger partial charge on any atom is 0.329 e. The first kappa shape index (κ1) is 39.8. The minimum absolute atomic E-state index is 0.00284. The number of amides is 6. The number of urea groups is 2.